The summed E-state index contributed by atoms with van der Waals surface area (Å²) < 4.78 is 0. The first-order valence-corrected chi connectivity index (χ1v) is 6.64. The van der Waals surface area contributed by atoms with Gasteiger partial charge in [-0.05, 0) is 12.1 Å². The van der Waals surface area contributed by atoms with Crippen LogP contribution in [0.2, 0.25) is 0 Å². The van der Waals surface area contributed by atoms with E-state index in [1.807, 2.05) is 0 Å². The summed E-state index contributed by atoms with van der Waals surface area (Å²) in [6, 6.07) is 9.83. The van der Waals surface area contributed by atoms with E-state index in [1.54, 1.807) is 36.5 Å². The molecule has 1 heterocycles. The van der Waals surface area contributed by atoms with Gasteiger partial charge in [-0.25, -0.2) is 0 Å². The number of carbonyl (C=O) groups excluding carboxylic acids is 2. The van der Waals surface area contributed by atoms with Crippen molar-refractivity contribution in [2.45, 2.75) is 0 Å². The van der Waals surface area contributed by atoms with Gasteiger partial charge in [-0.1, -0.05) is 24.3 Å². The van der Waals surface area contributed by atoms with Gasteiger partial charge in [0.25, 0.3) is 0 Å². The van der Waals surface area contributed by atoms with E-state index in [-0.39, 0.29) is 22.4 Å². The molecule has 1 N–H and O–H groups in total. The molecular formula is C17H12N2O3. The molecule has 1 aromatic carbocycles. The second-order valence-electron chi connectivity index (χ2n) is 4.74. The molecule has 0 atom stereocenters. The molecule has 5 heteroatoms. The van der Waals surface area contributed by atoms with Crippen LogP contribution in [0.4, 0.5) is 0 Å². The smallest absolute Gasteiger partial charge is 0.228 e. The Morgan fingerprint density at radius 1 is 1.05 bits per heavy atom. The standard InChI is InChI=1S/C17H12N2O3/c1-18-14(10-5-4-8-19-9-10)13-15(20)11-6-2-3-7-12(11)16(21)17(13)22/h2-9,22H,1H3. The van der Waals surface area contributed by atoms with Crippen molar-refractivity contribution < 1.29 is 14.7 Å². The van der Waals surface area contributed by atoms with Crippen LogP contribution in [0.5, 0.6) is 0 Å². The summed E-state index contributed by atoms with van der Waals surface area (Å²) in [5.74, 6) is -1.57. The number of pyridine rings is 1. The van der Waals surface area contributed by atoms with Crippen molar-refractivity contribution in [1.82, 2.24) is 4.98 Å². The number of rotatable bonds is 2. The maximum absolute atomic E-state index is 12.7. The predicted octanol–water partition coefficient (Wildman–Crippen LogP) is 2.39. The van der Waals surface area contributed by atoms with Crippen molar-refractivity contribution in [1.29, 1.82) is 0 Å². The number of allylic oxidation sites excluding steroid dienone is 2. The number of aliphatic imine (C=N–C) groups is 1. The van der Waals surface area contributed by atoms with Gasteiger partial charge in [-0.2, -0.15) is 0 Å². The third kappa shape index (κ3) is 2.03. The number of aliphatic hydroxyl groups is 1. The molecule has 3 rings (SSSR count). The number of aliphatic hydroxyl groups excluding tert-OH is 1. The average Bonchev–Trinajstić information content (AvgIpc) is 2.57. The Hall–Kier alpha value is -3.08. The molecule has 0 amide bonds. The van der Waals surface area contributed by atoms with Crippen molar-refractivity contribution in [3.8, 4) is 0 Å². The first kappa shape index (κ1) is 13.9. The molecule has 108 valence electrons. The van der Waals surface area contributed by atoms with E-state index in [2.05, 4.69) is 9.98 Å². The van der Waals surface area contributed by atoms with Gasteiger partial charge in [0.2, 0.25) is 5.78 Å². The molecule has 1 aliphatic rings. The fraction of sp³-hybridized carbons (Fsp3) is 0.0588. The van der Waals surface area contributed by atoms with Crippen molar-refractivity contribution >= 4 is 17.3 Å². The Morgan fingerprint density at radius 2 is 1.73 bits per heavy atom. The third-order valence-electron chi connectivity index (χ3n) is 3.49. The predicted molar refractivity (Wildman–Crippen MR) is 81.5 cm³/mol. The minimum Gasteiger partial charge on any atom is -0.504 e. The number of carbonyl (C=O) groups is 2. The molecular weight excluding hydrogens is 280 g/mol. The molecule has 1 aromatic heterocycles. The summed E-state index contributed by atoms with van der Waals surface area (Å²) >= 11 is 0. The lowest BCUT2D eigenvalue weighted by Crippen LogP contribution is -2.27. The zero-order valence-electron chi connectivity index (χ0n) is 11.8. The maximum atomic E-state index is 12.7. The van der Waals surface area contributed by atoms with Crippen LogP contribution in [0.1, 0.15) is 26.3 Å². The summed E-state index contributed by atoms with van der Waals surface area (Å²) in [5.41, 5.74) is 1.20. The molecule has 0 radical (unpaired) electrons. The molecule has 0 fully saturated rings. The quantitative estimate of drug-likeness (QED) is 0.862. The van der Waals surface area contributed by atoms with Gasteiger partial charge in [0.15, 0.2) is 11.5 Å². The van der Waals surface area contributed by atoms with Crippen LogP contribution in [0.3, 0.4) is 0 Å². The minimum atomic E-state index is -0.576. The fourth-order valence-electron chi connectivity index (χ4n) is 2.47. The maximum Gasteiger partial charge on any atom is 0.228 e. The van der Waals surface area contributed by atoms with Crippen molar-refractivity contribution in [2.75, 3.05) is 7.05 Å². The van der Waals surface area contributed by atoms with Crippen LogP contribution in [0, 0.1) is 0 Å². The Morgan fingerprint density at radius 3 is 2.32 bits per heavy atom. The number of Topliss-reactive ketones (excluding diaryl/α,β-unsaturated/α-hetero) is 2. The summed E-state index contributed by atoms with van der Waals surface area (Å²) in [5, 5.41) is 10.2. The topological polar surface area (TPSA) is 79.6 Å². The third-order valence-corrected chi connectivity index (χ3v) is 3.49. The number of nitrogens with zero attached hydrogens (tertiary/aromatic N) is 2. The minimum absolute atomic E-state index is 0.0841. The van der Waals surface area contributed by atoms with E-state index < -0.39 is 17.3 Å². The summed E-state index contributed by atoms with van der Waals surface area (Å²) in [4.78, 5) is 33.0. The zero-order chi connectivity index (χ0) is 15.7. The van der Waals surface area contributed by atoms with E-state index in [0.29, 0.717) is 5.56 Å². The average molecular weight is 292 g/mol. The lowest BCUT2D eigenvalue weighted by atomic mass is 9.84. The van der Waals surface area contributed by atoms with Gasteiger partial charge in [-0.15, -0.1) is 0 Å². The van der Waals surface area contributed by atoms with Gasteiger partial charge in [0.1, 0.15) is 0 Å². The van der Waals surface area contributed by atoms with E-state index in [4.69, 9.17) is 0 Å². The summed E-state index contributed by atoms with van der Waals surface area (Å²) in [6.45, 7) is 0. The number of ketones is 2. The van der Waals surface area contributed by atoms with Gasteiger partial charge < -0.3 is 5.11 Å². The Bertz CT molecular complexity index is 836. The van der Waals surface area contributed by atoms with E-state index in [9.17, 15) is 14.7 Å². The number of aromatic nitrogens is 1. The van der Waals surface area contributed by atoms with Gasteiger partial charge in [0, 0.05) is 36.1 Å². The number of hydrogen-bond acceptors (Lipinski definition) is 5. The molecule has 0 bridgehead atoms. The molecule has 5 nitrogen and oxygen atoms in total. The molecule has 0 aliphatic heterocycles. The highest BCUT2D eigenvalue weighted by Gasteiger charge is 2.34. The van der Waals surface area contributed by atoms with Gasteiger partial charge in [0.05, 0.1) is 11.3 Å². The van der Waals surface area contributed by atoms with Crippen LogP contribution in [-0.2, 0) is 0 Å². The Kier molecular flexibility index (Phi) is 3.39. The van der Waals surface area contributed by atoms with Crippen molar-refractivity contribution in [2.24, 2.45) is 4.99 Å². The second kappa shape index (κ2) is 5.37. The van der Waals surface area contributed by atoms with Crippen LogP contribution in [0.15, 0.2) is 65.1 Å². The highest BCUT2D eigenvalue weighted by Crippen LogP contribution is 2.27. The monoisotopic (exact) mass is 292 g/mol. The molecule has 22 heavy (non-hydrogen) atoms. The summed E-state index contributed by atoms with van der Waals surface area (Å²) in [7, 11) is 1.50. The van der Waals surface area contributed by atoms with E-state index in [1.165, 1.54) is 19.3 Å². The van der Waals surface area contributed by atoms with Crippen LogP contribution in [-0.4, -0.2) is 34.4 Å². The van der Waals surface area contributed by atoms with Gasteiger partial charge >= 0.3 is 0 Å². The van der Waals surface area contributed by atoms with Gasteiger partial charge in [-0.3, -0.25) is 19.6 Å². The lowest BCUT2D eigenvalue weighted by Gasteiger charge is -2.18. The molecule has 1 aliphatic carbocycles. The van der Waals surface area contributed by atoms with Crippen molar-refractivity contribution in [3.05, 3.63) is 76.8 Å². The second-order valence-corrected chi connectivity index (χ2v) is 4.74. The number of fused-ring (bicyclic) bond motifs is 1. The zero-order valence-corrected chi connectivity index (χ0v) is 11.8. The van der Waals surface area contributed by atoms with Crippen LogP contribution < -0.4 is 0 Å². The first-order valence-electron chi connectivity index (χ1n) is 6.64. The highest BCUT2D eigenvalue weighted by atomic mass is 16.3. The number of hydrogen-bond donors (Lipinski definition) is 1. The Labute approximate surface area is 126 Å². The normalized spacial score (nSPS) is 15.0. The first-order chi connectivity index (χ1) is 10.6. The molecule has 0 saturated heterocycles. The molecule has 0 spiro atoms. The summed E-state index contributed by atoms with van der Waals surface area (Å²) in [6.07, 6.45) is 3.12. The van der Waals surface area contributed by atoms with Crippen molar-refractivity contribution in [3.63, 3.8) is 0 Å². The van der Waals surface area contributed by atoms with Crippen LogP contribution in [0.25, 0.3) is 0 Å². The number of benzene rings is 1. The van der Waals surface area contributed by atoms with Crippen LogP contribution >= 0.6 is 0 Å². The van der Waals surface area contributed by atoms with E-state index in [0.717, 1.165) is 0 Å². The van der Waals surface area contributed by atoms with E-state index >= 15 is 0 Å². The fourth-order valence-corrected chi connectivity index (χ4v) is 2.47. The Balaban J connectivity index is 2.21. The highest BCUT2D eigenvalue weighted by molar-refractivity contribution is 6.39. The molecule has 0 unspecified atom stereocenters. The molecule has 2 aromatic rings. The lowest BCUT2D eigenvalue weighted by molar-refractivity contribution is 0.0934. The largest absolute Gasteiger partial charge is 0.504 e. The molecule has 0 saturated carbocycles. The SMILES string of the molecule is CN=C(C1=C(O)C(=O)c2ccccc2C1=O)c1cccnc1.